The Morgan fingerprint density at radius 1 is 0.635 bits per heavy atom. The molecule has 12 heteroatoms. The molecule has 8 rings (SSSR count). The molecule has 0 aromatic carbocycles. The molecule has 2 aliphatic heterocycles. The molecule has 0 saturated heterocycles. The monoisotopic (exact) mass is 724 g/mol. The van der Waals surface area contributed by atoms with Crippen LogP contribution in [0, 0.1) is 34.5 Å². The topological polar surface area (TPSA) is 147 Å². The Bertz CT molecular complexity index is 2350. The van der Waals surface area contributed by atoms with Crippen LogP contribution in [0.2, 0.25) is 0 Å². The number of likely N-dealkylation sites (N-methyl/N-ethyl adjacent to an activating group) is 2. The van der Waals surface area contributed by atoms with Crippen LogP contribution in [0.1, 0.15) is 62.4 Å². The fourth-order valence-corrected chi connectivity index (χ4v) is 10.6. The van der Waals surface area contributed by atoms with E-state index >= 15 is 0 Å². The van der Waals surface area contributed by atoms with E-state index in [1.807, 2.05) is 24.3 Å². The molecular weight excluding hydrogens is 693 g/mol. The third-order valence-corrected chi connectivity index (χ3v) is 13.4. The maximum Gasteiger partial charge on any atom is 0.279 e. The number of amides is 4. The first kappa shape index (κ1) is 33.6. The summed E-state index contributed by atoms with van der Waals surface area (Å²) in [5, 5.41) is 20.5. The molecule has 6 aliphatic rings. The minimum absolute atomic E-state index is 0.0747. The van der Waals surface area contributed by atoms with Crippen molar-refractivity contribution in [2.24, 2.45) is 21.8 Å². The molecule has 52 heavy (non-hydrogen) atoms. The molecule has 4 heterocycles. The Labute approximate surface area is 308 Å². The van der Waals surface area contributed by atoms with Gasteiger partial charge in [-0.15, -0.1) is 22.7 Å². The van der Waals surface area contributed by atoms with Crippen molar-refractivity contribution in [3.8, 4) is 12.1 Å². The van der Waals surface area contributed by atoms with Crippen molar-refractivity contribution in [2.45, 2.75) is 52.4 Å². The summed E-state index contributed by atoms with van der Waals surface area (Å²) in [5.41, 5.74) is 7.08. The zero-order valence-corrected chi connectivity index (χ0v) is 31.4. The SMILES string of the molecule is CC1=C(C#N)C(=O)N(C)C(=O)C1=Nc1cc2c(s1)C1=CC3C=C4C(=CC3C=C1C2(C)C)c1sc(N=C2C(=O)N(C)C(=O)C(C#N)=C2C)cc1C4(C)C. The number of thiophene rings is 2. The van der Waals surface area contributed by atoms with E-state index in [0.717, 1.165) is 30.7 Å². The van der Waals surface area contributed by atoms with Gasteiger partial charge in [-0.25, -0.2) is 9.98 Å². The second-order valence-corrected chi connectivity index (χ2v) is 16.9. The zero-order chi connectivity index (χ0) is 37.3. The number of rotatable bonds is 2. The maximum atomic E-state index is 13.0. The lowest BCUT2D eigenvalue weighted by molar-refractivity contribution is -0.138. The predicted octanol–water partition coefficient (Wildman–Crippen LogP) is 6.79. The van der Waals surface area contributed by atoms with Gasteiger partial charge in [0, 0.05) is 57.7 Å². The molecule has 258 valence electrons. The predicted molar refractivity (Wildman–Crippen MR) is 200 cm³/mol. The number of aliphatic imine (C=N–C) groups is 2. The molecule has 2 aromatic heterocycles. The molecule has 4 amide bonds. The lowest BCUT2D eigenvalue weighted by atomic mass is 9.70. The highest BCUT2D eigenvalue weighted by molar-refractivity contribution is 7.17. The zero-order valence-electron chi connectivity index (χ0n) is 29.8. The lowest BCUT2D eigenvalue weighted by Crippen LogP contribution is -2.44. The van der Waals surface area contributed by atoms with Crippen molar-refractivity contribution in [3.05, 3.63) is 90.8 Å². The molecule has 0 spiro atoms. The summed E-state index contributed by atoms with van der Waals surface area (Å²) in [6.45, 7) is 12.0. The Kier molecular flexibility index (Phi) is 7.08. The average Bonchev–Trinajstić information content (AvgIpc) is 3.83. The quantitative estimate of drug-likeness (QED) is 0.312. The van der Waals surface area contributed by atoms with Gasteiger partial charge in [-0.3, -0.25) is 29.0 Å². The first-order valence-electron chi connectivity index (χ1n) is 16.7. The number of allylic oxidation sites excluding steroid dienone is 8. The van der Waals surface area contributed by atoms with Crippen LogP contribution in [0.4, 0.5) is 10.0 Å². The molecule has 0 saturated carbocycles. The first-order valence-corrected chi connectivity index (χ1v) is 18.4. The Morgan fingerprint density at radius 3 is 1.35 bits per heavy atom. The van der Waals surface area contributed by atoms with Crippen molar-refractivity contribution in [1.82, 2.24) is 9.80 Å². The van der Waals surface area contributed by atoms with Crippen molar-refractivity contribution < 1.29 is 19.2 Å². The van der Waals surface area contributed by atoms with Crippen LogP contribution in [-0.2, 0) is 30.0 Å². The smallest absolute Gasteiger partial charge is 0.276 e. The van der Waals surface area contributed by atoms with Gasteiger partial charge in [0.1, 0.15) is 44.7 Å². The number of nitriles is 2. The van der Waals surface area contributed by atoms with E-state index in [4.69, 9.17) is 9.98 Å². The summed E-state index contributed by atoms with van der Waals surface area (Å²) >= 11 is 3.03. The number of imide groups is 2. The summed E-state index contributed by atoms with van der Waals surface area (Å²) < 4.78 is 0. The van der Waals surface area contributed by atoms with Gasteiger partial charge in [0.2, 0.25) is 0 Å². The number of hydrogen-bond acceptors (Lipinski definition) is 10. The van der Waals surface area contributed by atoms with Gasteiger partial charge in [0.15, 0.2) is 0 Å². The highest BCUT2D eigenvalue weighted by atomic mass is 32.1. The van der Waals surface area contributed by atoms with E-state index in [9.17, 15) is 29.7 Å². The number of fused-ring (bicyclic) bond motifs is 7. The van der Waals surface area contributed by atoms with Gasteiger partial charge in [-0.2, -0.15) is 10.5 Å². The van der Waals surface area contributed by atoms with E-state index in [2.05, 4.69) is 52.0 Å². The van der Waals surface area contributed by atoms with Gasteiger partial charge in [0.05, 0.1) is 0 Å². The van der Waals surface area contributed by atoms with Crippen LogP contribution in [0.5, 0.6) is 0 Å². The summed E-state index contributed by atoms with van der Waals surface area (Å²) in [4.78, 5) is 64.6. The standard InChI is InChI=1S/C40H32N6O4S2/c1-17-23(15-41)35(47)45(7)37(49)31(17)43-29-13-27-33(51-29)21-9-19-12-26-22(10-20(19)11-25(21)39(27,3)4)34-28(40(26,5)6)14-30(52-34)44-32-18(2)24(16-42)36(48)46(8)38(32)50/h9-14,19-20H,1-8H3. The highest BCUT2D eigenvalue weighted by Crippen LogP contribution is 2.61. The van der Waals surface area contributed by atoms with Crippen LogP contribution in [-0.4, -0.2) is 58.9 Å². The van der Waals surface area contributed by atoms with Crippen LogP contribution in [0.25, 0.3) is 11.1 Å². The molecule has 0 bridgehead atoms. The second-order valence-electron chi connectivity index (χ2n) is 14.9. The molecule has 4 aliphatic carbocycles. The van der Waals surface area contributed by atoms with Crippen molar-refractivity contribution in [3.63, 3.8) is 0 Å². The van der Waals surface area contributed by atoms with Gasteiger partial charge in [-0.1, -0.05) is 52.0 Å². The second kappa shape index (κ2) is 11.0. The van der Waals surface area contributed by atoms with Crippen LogP contribution >= 0.6 is 22.7 Å². The van der Waals surface area contributed by atoms with E-state index in [1.165, 1.54) is 59.1 Å². The van der Waals surface area contributed by atoms with Crippen LogP contribution < -0.4 is 0 Å². The number of hydrogen-bond donors (Lipinski definition) is 0. The maximum absolute atomic E-state index is 13.0. The third-order valence-electron chi connectivity index (χ3n) is 11.3. The first-order chi connectivity index (χ1) is 24.5. The molecule has 0 N–H and O–H groups in total. The normalized spacial score (nSPS) is 25.7. The molecule has 10 nitrogen and oxygen atoms in total. The summed E-state index contributed by atoms with van der Waals surface area (Å²) in [6, 6.07) is 7.91. The van der Waals surface area contributed by atoms with E-state index < -0.39 is 23.6 Å². The lowest BCUT2D eigenvalue weighted by Gasteiger charge is -2.33. The highest BCUT2D eigenvalue weighted by Gasteiger charge is 2.47. The summed E-state index contributed by atoms with van der Waals surface area (Å²) in [7, 11) is 2.73. The van der Waals surface area contributed by atoms with Gasteiger partial charge in [0.25, 0.3) is 23.6 Å². The molecule has 0 radical (unpaired) electrons. The minimum atomic E-state index is -0.616. The molecule has 2 atom stereocenters. The van der Waals surface area contributed by atoms with Gasteiger partial charge >= 0.3 is 0 Å². The van der Waals surface area contributed by atoms with Gasteiger partial charge in [-0.05, 0) is 59.4 Å². The van der Waals surface area contributed by atoms with E-state index in [1.54, 1.807) is 13.8 Å². The van der Waals surface area contributed by atoms with Crippen molar-refractivity contribution in [2.75, 3.05) is 14.1 Å². The Balaban J connectivity index is 1.16. The fourth-order valence-electron chi connectivity index (χ4n) is 8.10. The van der Waals surface area contributed by atoms with Crippen molar-refractivity contribution >= 4 is 78.9 Å². The van der Waals surface area contributed by atoms with Crippen LogP contribution in [0.15, 0.2) is 79.9 Å². The number of carbonyl (C=O) groups is 4. The molecule has 0 fully saturated rings. The molecular formula is C40H32N6O4S2. The van der Waals surface area contributed by atoms with Gasteiger partial charge < -0.3 is 0 Å². The average molecular weight is 725 g/mol. The fraction of sp³-hybridized carbons (Fsp3) is 0.300. The minimum Gasteiger partial charge on any atom is -0.276 e. The van der Waals surface area contributed by atoms with E-state index in [0.29, 0.717) is 21.1 Å². The Hall–Kier alpha value is -5.56. The molecule has 2 aromatic rings. The third kappa shape index (κ3) is 4.38. The summed E-state index contributed by atoms with van der Waals surface area (Å²) in [6.07, 6.45) is 9.46. The number of nitrogens with zero attached hydrogens (tertiary/aromatic N) is 6. The van der Waals surface area contributed by atoms with E-state index in [-0.39, 0.29) is 45.2 Å². The number of carbonyl (C=O) groups excluding carboxylic acids is 4. The molecule has 2 unspecified atom stereocenters. The van der Waals surface area contributed by atoms with Crippen molar-refractivity contribution in [1.29, 1.82) is 10.5 Å². The summed E-state index contributed by atoms with van der Waals surface area (Å²) in [5.74, 6) is -2.03. The van der Waals surface area contributed by atoms with Crippen LogP contribution in [0.3, 0.4) is 0 Å². The largest absolute Gasteiger partial charge is 0.279 e. The Morgan fingerprint density at radius 2 is 1.00 bits per heavy atom.